The fraction of sp³-hybridized carbons (Fsp3) is 0.202. The Morgan fingerprint density at radius 1 is 0.454 bits per heavy atom. The maximum atomic E-state index is 5.08. The Morgan fingerprint density at radius 2 is 0.866 bits per heavy atom. The van der Waals surface area contributed by atoms with E-state index in [9.17, 15) is 0 Å². The number of hydrogen-bond acceptors (Lipinski definition) is 2. The van der Waals surface area contributed by atoms with Crippen LogP contribution in [0.4, 0.5) is 17.1 Å². The first-order valence-electron chi connectivity index (χ1n) is 35.1. The Labute approximate surface area is 575 Å². The van der Waals surface area contributed by atoms with Crippen LogP contribution in [0.1, 0.15) is 103 Å². The zero-order valence-corrected chi connectivity index (χ0v) is 57.7. The minimum absolute atomic E-state index is 0.279. The van der Waals surface area contributed by atoms with Crippen molar-refractivity contribution in [2.75, 3.05) is 29.9 Å². The molecule has 0 saturated carbocycles. The molecule has 3 nitrogen and oxygen atoms in total. The monoisotopic (exact) mass is 1260 g/mol. The van der Waals surface area contributed by atoms with E-state index >= 15 is 0 Å². The molecule has 0 bridgehead atoms. The van der Waals surface area contributed by atoms with E-state index in [2.05, 4.69) is 361 Å². The summed E-state index contributed by atoms with van der Waals surface area (Å²) in [6, 6.07) is 95.1. The summed E-state index contributed by atoms with van der Waals surface area (Å²) in [5.41, 5.74) is 22.2. The summed E-state index contributed by atoms with van der Waals surface area (Å²) in [7, 11) is 2.31. The fourth-order valence-corrected chi connectivity index (χ4v) is 18.1. The molecule has 0 aromatic heterocycles. The molecule has 3 aliphatic heterocycles. The third kappa shape index (κ3) is 10.8. The van der Waals surface area contributed by atoms with Gasteiger partial charge in [-0.1, -0.05) is 268 Å². The first-order chi connectivity index (χ1) is 47.2. The molecule has 0 saturated heterocycles. The fourth-order valence-electron chi connectivity index (χ4n) is 18.1. The largest absolute Gasteiger partial charge is 0.344 e. The van der Waals surface area contributed by atoms with Crippen molar-refractivity contribution in [2.24, 2.45) is 0 Å². The average molecular weight is 1260 g/mol. The van der Waals surface area contributed by atoms with Crippen LogP contribution in [0.25, 0.3) is 43.1 Å². The highest BCUT2D eigenvalue weighted by Gasteiger charge is 2.50. The van der Waals surface area contributed by atoms with Gasteiger partial charge in [-0.2, -0.15) is 4.58 Å². The Kier molecular flexibility index (Phi) is 16.4. The van der Waals surface area contributed by atoms with Gasteiger partial charge < -0.3 is 9.80 Å². The Balaban J connectivity index is 0.826. The lowest BCUT2D eigenvalue weighted by molar-refractivity contribution is -0.401. The van der Waals surface area contributed by atoms with Crippen LogP contribution in [-0.4, -0.2) is 30.4 Å². The number of benzene rings is 12. The molecular formula is C94H88N3+. The molecule has 3 aliphatic rings. The van der Waals surface area contributed by atoms with E-state index in [0.29, 0.717) is 0 Å². The highest BCUT2D eigenvalue weighted by Crippen LogP contribution is 2.55. The number of anilines is 2. The summed E-state index contributed by atoms with van der Waals surface area (Å²) >= 11 is 0. The van der Waals surface area contributed by atoms with E-state index < -0.39 is 5.41 Å². The minimum Gasteiger partial charge on any atom is -0.344 e. The second-order valence-electron chi connectivity index (χ2n) is 28.5. The topological polar surface area (TPSA) is 9.49 Å². The maximum absolute atomic E-state index is 5.08. The van der Waals surface area contributed by atoms with Crippen molar-refractivity contribution in [1.82, 2.24) is 0 Å². The Morgan fingerprint density at radius 3 is 1.37 bits per heavy atom. The lowest BCUT2D eigenvalue weighted by atomic mass is 9.68. The van der Waals surface area contributed by atoms with Gasteiger partial charge in [-0.05, 0) is 202 Å². The van der Waals surface area contributed by atoms with Crippen LogP contribution in [0.3, 0.4) is 0 Å². The van der Waals surface area contributed by atoms with E-state index in [-0.39, 0.29) is 16.2 Å². The number of hydrogen-bond donors (Lipinski definition) is 0. The molecule has 97 heavy (non-hydrogen) atoms. The number of fused-ring (bicyclic) bond motifs is 10. The van der Waals surface area contributed by atoms with Gasteiger partial charge in [0.2, 0.25) is 5.69 Å². The van der Waals surface area contributed by atoms with Crippen LogP contribution in [-0.2, 0) is 53.8 Å². The van der Waals surface area contributed by atoms with Crippen LogP contribution >= 0.6 is 0 Å². The molecule has 3 heteroatoms. The average Bonchev–Trinajstić information content (AvgIpc) is 1.58. The number of allylic oxidation sites excluding steroid dienone is 9. The van der Waals surface area contributed by atoms with Gasteiger partial charge in [0.05, 0.1) is 5.41 Å². The number of rotatable bonds is 18. The molecule has 0 radical (unpaired) electrons. The van der Waals surface area contributed by atoms with Gasteiger partial charge in [0.1, 0.15) is 7.05 Å². The smallest absolute Gasteiger partial charge is 0.210 e. The van der Waals surface area contributed by atoms with Crippen LogP contribution in [0.2, 0.25) is 0 Å². The number of likely N-dealkylation sites (N-methyl/N-ethyl adjacent to an activating group) is 2. The molecule has 0 spiro atoms. The molecule has 12 aromatic carbocycles. The molecule has 3 heterocycles. The molecule has 478 valence electrons. The molecule has 0 aliphatic carbocycles. The predicted octanol–water partition coefficient (Wildman–Crippen LogP) is 22.4. The van der Waals surface area contributed by atoms with Crippen molar-refractivity contribution in [3.63, 3.8) is 0 Å². The quantitative estimate of drug-likeness (QED) is 0.0626. The van der Waals surface area contributed by atoms with Crippen molar-refractivity contribution >= 4 is 65.9 Å². The van der Waals surface area contributed by atoms with E-state index in [1.807, 2.05) is 0 Å². The van der Waals surface area contributed by atoms with Crippen molar-refractivity contribution < 1.29 is 4.58 Å². The summed E-state index contributed by atoms with van der Waals surface area (Å²) in [6.45, 7) is 23.6. The van der Waals surface area contributed by atoms with E-state index in [4.69, 9.17) is 6.58 Å². The van der Waals surface area contributed by atoms with Gasteiger partial charge in [0.25, 0.3) is 0 Å². The van der Waals surface area contributed by atoms with Crippen molar-refractivity contribution in [3.05, 3.63) is 376 Å². The van der Waals surface area contributed by atoms with Crippen molar-refractivity contribution in [2.45, 2.75) is 102 Å². The summed E-state index contributed by atoms with van der Waals surface area (Å²) in [5.74, 6) is 0. The number of aryl methyl sites for hydroxylation is 1. The zero-order valence-electron chi connectivity index (χ0n) is 57.7. The number of nitrogens with zero attached hydrogens (tertiary/aromatic N) is 3. The van der Waals surface area contributed by atoms with Gasteiger partial charge in [-0.3, -0.25) is 0 Å². The van der Waals surface area contributed by atoms with Crippen LogP contribution in [0.15, 0.2) is 315 Å². The van der Waals surface area contributed by atoms with Gasteiger partial charge in [-0.25, -0.2) is 0 Å². The highest BCUT2D eigenvalue weighted by molar-refractivity contribution is 6.09. The third-order valence-corrected chi connectivity index (χ3v) is 22.4. The lowest BCUT2D eigenvalue weighted by Gasteiger charge is -2.35. The first kappa shape index (κ1) is 62.7. The summed E-state index contributed by atoms with van der Waals surface area (Å²) in [6.07, 6.45) is 18.5. The molecule has 0 N–H and O–H groups in total. The predicted molar refractivity (Wildman–Crippen MR) is 414 cm³/mol. The Bertz CT molecular complexity index is 5200. The zero-order chi connectivity index (χ0) is 66.6. The first-order valence-corrected chi connectivity index (χ1v) is 35.1. The van der Waals surface area contributed by atoms with Crippen molar-refractivity contribution in [3.8, 4) is 0 Å². The summed E-state index contributed by atoms with van der Waals surface area (Å²) in [4.78, 5) is 5.12. The molecule has 15 rings (SSSR count). The lowest BCUT2D eigenvalue weighted by Crippen LogP contribution is -2.33. The summed E-state index contributed by atoms with van der Waals surface area (Å²) < 4.78 is 2.52. The molecule has 4 unspecified atom stereocenters. The minimum atomic E-state index is -0.474. The summed E-state index contributed by atoms with van der Waals surface area (Å²) in [5, 5.41) is 10.4. The molecule has 0 amide bonds. The molecule has 4 atom stereocenters. The van der Waals surface area contributed by atoms with Gasteiger partial charge in [-0.15, -0.1) is 0 Å². The van der Waals surface area contributed by atoms with Gasteiger partial charge in [0, 0.05) is 69.8 Å². The van der Waals surface area contributed by atoms with Crippen molar-refractivity contribution in [1.29, 1.82) is 0 Å². The van der Waals surface area contributed by atoms with E-state index in [1.54, 1.807) is 0 Å². The third-order valence-electron chi connectivity index (χ3n) is 22.4. The second-order valence-corrected chi connectivity index (χ2v) is 28.5. The Hall–Kier alpha value is -10.4. The molecular weight excluding hydrogens is 1170 g/mol. The van der Waals surface area contributed by atoms with E-state index in [1.165, 1.54) is 138 Å². The molecule has 12 aromatic rings. The van der Waals surface area contributed by atoms with Crippen LogP contribution in [0, 0.1) is 6.92 Å². The van der Waals surface area contributed by atoms with Gasteiger partial charge >= 0.3 is 0 Å². The van der Waals surface area contributed by atoms with Crippen LogP contribution < -0.4 is 9.80 Å². The SMILES string of the molecule is C=C(/C=C/C=C1/N(CC)c2ccc3ccccc3c2C1(C)Cc1ccccc1)C(C)(Cc1ccccc1)c1c(C)cc(Cc2cc3c(c4ccccc24)C(C)(Cc2ccccc2)C(/C=C/C=C2/N(CC)c4ccc5ccccc5c4C2(C)Cc2ccccc2)=[N+]3C)c2ccccc12. The highest BCUT2D eigenvalue weighted by atomic mass is 15.2. The van der Waals surface area contributed by atoms with E-state index in [0.717, 1.165) is 50.8 Å². The second kappa shape index (κ2) is 25.3. The maximum Gasteiger partial charge on any atom is 0.210 e. The normalized spacial score (nSPS) is 19.8. The van der Waals surface area contributed by atoms with Crippen LogP contribution in [0.5, 0.6) is 0 Å². The molecule has 0 fully saturated rings. The van der Waals surface area contributed by atoms with Gasteiger partial charge in [0.15, 0.2) is 5.71 Å². The standard InChI is InChI=1S/C94H88N3/c1-10-96-81-56-54-71-43-24-26-47-77(71)88(81)93(7,63-69-39-20-14-21-40-69)85(96)52-32-34-66(4)91(5,61-67-35-16-12-17-36-67)87-65(3)58-73(75-45-28-30-49-79(75)87)59-74-60-83-90(80-50-31-29-46-76(74)80)92(6,62-68-37-18-13-19-38-68)84(95(83)9)51-33-53-86-94(8,64-70-41-22-15-23-42-70)89-78-48-27-25-44-72(78)55-57-82(89)97(86)11-2/h12-58,60H,4,10-11,59,61-64H2,1-3,5-9H3/q+1/b34-32+,85-52+.